The SMILES string of the molecule is CC(C)C[C@H](NC(=O)[C@H](C)NC(=O)[C@H](CCCN=C(N)N)NS(=O)(=O)C1CC1)[C@@H](O)CC(=O)NCCc1ccccc1. The second-order valence-electron chi connectivity index (χ2n) is 11.2. The van der Waals surface area contributed by atoms with Gasteiger partial charge in [0.05, 0.1) is 23.8 Å². The summed E-state index contributed by atoms with van der Waals surface area (Å²) in [6.45, 7) is 5.94. The summed E-state index contributed by atoms with van der Waals surface area (Å²) in [6, 6.07) is 6.80. The third-order valence-electron chi connectivity index (χ3n) is 6.77. The maximum Gasteiger partial charge on any atom is 0.242 e. The molecule has 1 fully saturated rings. The van der Waals surface area contributed by atoms with Gasteiger partial charge in [0, 0.05) is 13.1 Å². The Balaban J connectivity index is 1.94. The zero-order valence-corrected chi connectivity index (χ0v) is 25.5. The first-order valence-electron chi connectivity index (χ1n) is 14.4. The van der Waals surface area contributed by atoms with Crippen LogP contribution in [0, 0.1) is 5.92 Å². The molecule has 3 amide bonds. The van der Waals surface area contributed by atoms with Gasteiger partial charge in [0.15, 0.2) is 5.96 Å². The number of hydrogen-bond acceptors (Lipinski definition) is 7. The third-order valence-corrected chi connectivity index (χ3v) is 8.74. The van der Waals surface area contributed by atoms with Crippen molar-refractivity contribution in [3.63, 3.8) is 0 Å². The highest BCUT2D eigenvalue weighted by Gasteiger charge is 2.38. The number of aliphatic hydroxyl groups excluding tert-OH is 1. The minimum Gasteiger partial charge on any atom is -0.390 e. The number of nitrogens with two attached hydrogens (primary N) is 2. The van der Waals surface area contributed by atoms with Crippen molar-refractivity contribution in [2.45, 2.75) is 95.2 Å². The summed E-state index contributed by atoms with van der Waals surface area (Å²) in [5.41, 5.74) is 11.7. The second kappa shape index (κ2) is 17.0. The Kier molecular flexibility index (Phi) is 14.2. The van der Waals surface area contributed by atoms with Gasteiger partial charge in [-0.05, 0) is 56.9 Å². The van der Waals surface area contributed by atoms with Crippen LogP contribution in [0.2, 0.25) is 0 Å². The summed E-state index contributed by atoms with van der Waals surface area (Å²) in [4.78, 5) is 42.4. The molecule has 0 saturated heterocycles. The van der Waals surface area contributed by atoms with E-state index in [4.69, 9.17) is 11.5 Å². The highest BCUT2D eigenvalue weighted by atomic mass is 32.2. The number of guanidine groups is 1. The largest absolute Gasteiger partial charge is 0.390 e. The van der Waals surface area contributed by atoms with Gasteiger partial charge in [-0.1, -0.05) is 44.2 Å². The average molecular weight is 610 g/mol. The molecule has 1 aromatic rings. The molecule has 0 bridgehead atoms. The summed E-state index contributed by atoms with van der Waals surface area (Å²) >= 11 is 0. The van der Waals surface area contributed by atoms with E-state index in [-0.39, 0.29) is 37.2 Å². The van der Waals surface area contributed by atoms with E-state index in [1.165, 1.54) is 6.92 Å². The van der Waals surface area contributed by atoms with Crippen molar-refractivity contribution in [2.24, 2.45) is 22.4 Å². The molecule has 1 aromatic carbocycles. The Morgan fingerprint density at radius 3 is 2.31 bits per heavy atom. The number of carbonyl (C=O) groups excluding carboxylic acids is 3. The summed E-state index contributed by atoms with van der Waals surface area (Å²) in [5, 5.41) is 18.4. The van der Waals surface area contributed by atoms with Crippen molar-refractivity contribution in [1.82, 2.24) is 20.7 Å². The van der Waals surface area contributed by atoms with Gasteiger partial charge in [-0.15, -0.1) is 0 Å². The monoisotopic (exact) mass is 609 g/mol. The topological polar surface area (TPSA) is 218 Å². The van der Waals surface area contributed by atoms with E-state index in [9.17, 15) is 27.9 Å². The lowest BCUT2D eigenvalue weighted by atomic mass is 9.96. The summed E-state index contributed by atoms with van der Waals surface area (Å²) < 4.78 is 27.5. The minimum atomic E-state index is -3.69. The van der Waals surface area contributed by atoms with Crippen molar-refractivity contribution >= 4 is 33.7 Å². The van der Waals surface area contributed by atoms with Crippen LogP contribution >= 0.6 is 0 Å². The van der Waals surface area contributed by atoms with Crippen molar-refractivity contribution in [2.75, 3.05) is 13.1 Å². The summed E-state index contributed by atoms with van der Waals surface area (Å²) in [7, 11) is -3.69. The number of hydrogen-bond donors (Lipinski definition) is 7. The number of aliphatic imine (C=N–C) groups is 1. The van der Waals surface area contributed by atoms with E-state index in [2.05, 4.69) is 25.7 Å². The molecule has 42 heavy (non-hydrogen) atoms. The van der Waals surface area contributed by atoms with Gasteiger partial charge in [0.1, 0.15) is 12.1 Å². The summed E-state index contributed by atoms with van der Waals surface area (Å²) in [6.07, 6.45) is 1.22. The van der Waals surface area contributed by atoms with E-state index in [0.29, 0.717) is 38.6 Å². The molecule has 2 rings (SSSR count). The number of rotatable bonds is 19. The van der Waals surface area contributed by atoms with E-state index in [1.807, 2.05) is 44.2 Å². The Morgan fingerprint density at radius 2 is 1.71 bits per heavy atom. The van der Waals surface area contributed by atoms with Crippen LogP contribution in [0.3, 0.4) is 0 Å². The number of nitrogens with one attached hydrogen (secondary N) is 4. The predicted octanol–water partition coefficient (Wildman–Crippen LogP) is -0.364. The average Bonchev–Trinajstić information content (AvgIpc) is 3.76. The molecule has 14 heteroatoms. The fourth-order valence-electron chi connectivity index (χ4n) is 4.32. The Morgan fingerprint density at radius 1 is 1.05 bits per heavy atom. The van der Waals surface area contributed by atoms with Crippen LogP contribution in [0.5, 0.6) is 0 Å². The smallest absolute Gasteiger partial charge is 0.242 e. The zero-order valence-electron chi connectivity index (χ0n) is 24.7. The number of aliphatic hydroxyl groups is 1. The molecule has 1 aliphatic carbocycles. The predicted molar refractivity (Wildman–Crippen MR) is 162 cm³/mol. The van der Waals surface area contributed by atoms with Crippen molar-refractivity contribution in [3.05, 3.63) is 35.9 Å². The van der Waals surface area contributed by atoms with Crippen LogP contribution in [0.15, 0.2) is 35.3 Å². The quantitative estimate of drug-likeness (QED) is 0.0622. The van der Waals surface area contributed by atoms with E-state index >= 15 is 0 Å². The van der Waals surface area contributed by atoms with Gasteiger partial charge in [0.2, 0.25) is 27.7 Å². The molecule has 4 atom stereocenters. The summed E-state index contributed by atoms with van der Waals surface area (Å²) in [5.74, 6) is -1.58. The number of sulfonamides is 1. The maximum absolute atomic E-state index is 13.0. The van der Waals surface area contributed by atoms with Crippen LogP contribution in [0.4, 0.5) is 0 Å². The number of carbonyl (C=O) groups is 3. The van der Waals surface area contributed by atoms with Gasteiger partial charge in [-0.25, -0.2) is 13.1 Å². The lowest BCUT2D eigenvalue weighted by molar-refractivity contribution is -0.131. The maximum atomic E-state index is 13.0. The molecule has 0 spiro atoms. The molecular weight excluding hydrogens is 562 g/mol. The van der Waals surface area contributed by atoms with Gasteiger partial charge < -0.3 is 32.5 Å². The molecule has 0 unspecified atom stereocenters. The van der Waals surface area contributed by atoms with E-state index in [1.54, 1.807) is 0 Å². The molecule has 0 aromatic heterocycles. The van der Waals surface area contributed by atoms with E-state index in [0.717, 1.165) is 5.56 Å². The molecule has 9 N–H and O–H groups in total. The first-order valence-corrected chi connectivity index (χ1v) is 16.0. The van der Waals surface area contributed by atoms with Crippen molar-refractivity contribution in [3.8, 4) is 0 Å². The zero-order chi connectivity index (χ0) is 31.3. The Bertz CT molecular complexity index is 1150. The normalized spacial score (nSPS) is 16.1. The number of amides is 3. The minimum absolute atomic E-state index is 0.0995. The molecule has 1 aliphatic rings. The van der Waals surface area contributed by atoms with Gasteiger partial charge in [-0.2, -0.15) is 0 Å². The first-order chi connectivity index (χ1) is 19.8. The number of benzene rings is 1. The van der Waals surface area contributed by atoms with Crippen LogP contribution in [-0.2, 0) is 30.8 Å². The first kappa shape index (κ1) is 35.0. The molecular formula is C28H47N7O6S. The van der Waals surface area contributed by atoms with Crippen LogP contribution in [0.25, 0.3) is 0 Å². The lowest BCUT2D eigenvalue weighted by Crippen LogP contribution is -2.55. The molecule has 1 saturated carbocycles. The second-order valence-corrected chi connectivity index (χ2v) is 13.2. The fourth-order valence-corrected chi connectivity index (χ4v) is 5.89. The van der Waals surface area contributed by atoms with Crippen LogP contribution in [-0.4, -0.2) is 79.8 Å². The van der Waals surface area contributed by atoms with Gasteiger partial charge >= 0.3 is 0 Å². The van der Waals surface area contributed by atoms with Crippen molar-refractivity contribution in [1.29, 1.82) is 0 Å². The van der Waals surface area contributed by atoms with Crippen molar-refractivity contribution < 1.29 is 27.9 Å². The number of nitrogens with zero attached hydrogens (tertiary/aromatic N) is 1. The highest BCUT2D eigenvalue weighted by Crippen LogP contribution is 2.28. The standard InChI is InChI=1S/C28H47N7O6S/c1-18(2)16-23(24(36)17-25(37)31-15-13-20-8-5-4-6-9-20)34-26(38)19(3)33-27(39)22(10-7-14-32-28(29)30)35-42(40,41)21-11-12-21/h4-6,8-9,18-19,21-24,35-36H,7,10-17H2,1-3H3,(H,31,37)(H,33,39)(H,34,38)(H4,29,30,32)/t19-,22-,23-,24-/m0/s1. The van der Waals surface area contributed by atoms with Gasteiger partial charge in [-0.3, -0.25) is 19.4 Å². The molecule has 0 radical (unpaired) electrons. The van der Waals surface area contributed by atoms with E-state index < -0.39 is 51.3 Å². The van der Waals surface area contributed by atoms with Crippen LogP contribution < -0.4 is 32.1 Å². The highest BCUT2D eigenvalue weighted by molar-refractivity contribution is 7.90. The fraction of sp³-hybridized carbons (Fsp3) is 0.643. The lowest BCUT2D eigenvalue weighted by Gasteiger charge is -2.27. The molecule has 236 valence electrons. The Hall–Kier alpha value is -3.23. The van der Waals surface area contributed by atoms with Gasteiger partial charge in [0.25, 0.3) is 0 Å². The molecule has 13 nitrogen and oxygen atoms in total. The Labute approximate surface area is 248 Å². The molecule has 0 heterocycles. The molecule has 0 aliphatic heterocycles. The third kappa shape index (κ3) is 13.2. The van der Waals surface area contributed by atoms with Crippen LogP contribution in [0.1, 0.15) is 64.9 Å².